The second-order valence-electron chi connectivity index (χ2n) is 2.25. The summed E-state index contributed by atoms with van der Waals surface area (Å²) < 4.78 is 0.881. The van der Waals surface area contributed by atoms with E-state index in [-0.39, 0.29) is 0 Å². The third-order valence-electron chi connectivity index (χ3n) is 1.51. The minimum absolute atomic E-state index is 0.383. The number of pyridine rings is 1. The minimum Gasteiger partial charge on any atom is -0.365 e. The zero-order valence-corrected chi connectivity index (χ0v) is 6.84. The molecule has 0 aliphatic heterocycles. The molecule has 2 rings (SSSR count). The van der Waals surface area contributed by atoms with Gasteiger partial charge in [0.25, 0.3) is 5.91 Å². The molecule has 0 aromatic carbocycles. The number of amides is 1. The maximum absolute atomic E-state index is 10.9. The number of thiazole rings is 1. The van der Waals surface area contributed by atoms with Crippen LogP contribution in [0.15, 0.2) is 17.9 Å². The van der Waals surface area contributed by atoms with Crippen LogP contribution in [-0.4, -0.2) is 15.9 Å². The van der Waals surface area contributed by atoms with Gasteiger partial charge in [-0.15, -0.1) is 11.3 Å². The average Bonchev–Trinajstić information content (AvgIpc) is 2.49. The van der Waals surface area contributed by atoms with Gasteiger partial charge in [-0.2, -0.15) is 0 Å². The second-order valence-corrected chi connectivity index (χ2v) is 3.14. The van der Waals surface area contributed by atoms with Crippen LogP contribution in [0.4, 0.5) is 0 Å². The molecule has 2 N–H and O–H groups in total. The Morgan fingerprint density at radius 2 is 2.33 bits per heavy atom. The first-order valence-corrected chi connectivity index (χ1v) is 4.14. The summed E-state index contributed by atoms with van der Waals surface area (Å²) in [7, 11) is 0. The molecule has 0 atom stereocenters. The van der Waals surface area contributed by atoms with Crippen LogP contribution in [0.25, 0.3) is 10.2 Å². The number of carbonyl (C=O) groups is 1. The van der Waals surface area contributed by atoms with E-state index in [9.17, 15) is 4.79 Å². The van der Waals surface area contributed by atoms with Crippen LogP contribution in [-0.2, 0) is 0 Å². The first kappa shape index (κ1) is 7.17. The molecule has 2 aromatic rings. The van der Waals surface area contributed by atoms with Crippen LogP contribution in [0.2, 0.25) is 0 Å². The van der Waals surface area contributed by atoms with Crippen LogP contribution < -0.4 is 5.73 Å². The molecule has 0 saturated carbocycles. The zero-order valence-electron chi connectivity index (χ0n) is 6.02. The Labute approximate surface area is 72.1 Å². The molecule has 0 spiro atoms. The Morgan fingerprint density at radius 3 is 3.08 bits per heavy atom. The van der Waals surface area contributed by atoms with Gasteiger partial charge >= 0.3 is 0 Å². The van der Waals surface area contributed by atoms with Crippen molar-refractivity contribution in [2.45, 2.75) is 0 Å². The predicted octanol–water partition coefficient (Wildman–Crippen LogP) is 0.790. The molecule has 0 fully saturated rings. The Bertz CT molecular complexity index is 437. The van der Waals surface area contributed by atoms with Gasteiger partial charge in [-0.3, -0.25) is 9.78 Å². The Morgan fingerprint density at radius 1 is 1.50 bits per heavy atom. The summed E-state index contributed by atoms with van der Waals surface area (Å²) in [6.07, 6.45) is 3.10. The highest BCUT2D eigenvalue weighted by Crippen LogP contribution is 2.18. The minimum atomic E-state index is -0.487. The van der Waals surface area contributed by atoms with E-state index in [1.54, 1.807) is 11.7 Å². The molecule has 12 heavy (non-hydrogen) atoms. The van der Waals surface area contributed by atoms with E-state index < -0.39 is 5.91 Å². The molecular formula is C7H5N3OS. The Hall–Kier alpha value is -1.49. The molecular weight excluding hydrogens is 174 g/mol. The molecule has 5 heteroatoms. The fourth-order valence-electron chi connectivity index (χ4n) is 0.970. The fraction of sp³-hybridized carbons (Fsp3) is 0. The first-order valence-electron chi connectivity index (χ1n) is 3.26. The lowest BCUT2D eigenvalue weighted by Gasteiger charge is -1.93. The van der Waals surface area contributed by atoms with Crippen molar-refractivity contribution in [3.8, 4) is 0 Å². The van der Waals surface area contributed by atoms with Gasteiger partial charge in [0.15, 0.2) is 0 Å². The second kappa shape index (κ2) is 2.53. The van der Waals surface area contributed by atoms with Crippen molar-refractivity contribution in [2.24, 2.45) is 5.73 Å². The average molecular weight is 179 g/mol. The van der Waals surface area contributed by atoms with Gasteiger partial charge in [0.05, 0.1) is 21.3 Å². The standard InChI is InChI=1S/C7H5N3OS/c8-7(11)4-1-9-2-5-6(4)10-3-12-5/h1-3H,(H2,8,11). The van der Waals surface area contributed by atoms with Gasteiger partial charge in [-0.25, -0.2) is 4.98 Å². The Kier molecular flexibility index (Phi) is 1.51. The zero-order chi connectivity index (χ0) is 8.55. The van der Waals surface area contributed by atoms with E-state index in [4.69, 9.17) is 5.73 Å². The van der Waals surface area contributed by atoms with Crippen LogP contribution in [0.3, 0.4) is 0 Å². The van der Waals surface area contributed by atoms with Gasteiger partial charge in [-0.05, 0) is 0 Å². The Balaban J connectivity index is 2.82. The molecule has 0 saturated heterocycles. The number of nitrogens with zero attached hydrogens (tertiary/aromatic N) is 2. The number of hydrogen-bond acceptors (Lipinski definition) is 4. The van der Waals surface area contributed by atoms with Crippen molar-refractivity contribution < 1.29 is 4.79 Å². The molecule has 2 heterocycles. The topological polar surface area (TPSA) is 68.9 Å². The number of rotatable bonds is 1. The normalized spacial score (nSPS) is 10.3. The SMILES string of the molecule is NC(=O)c1cncc2scnc12. The van der Waals surface area contributed by atoms with E-state index in [1.807, 2.05) is 0 Å². The largest absolute Gasteiger partial charge is 0.365 e. The van der Waals surface area contributed by atoms with Crippen molar-refractivity contribution in [2.75, 3.05) is 0 Å². The summed E-state index contributed by atoms with van der Waals surface area (Å²) in [6.45, 7) is 0. The number of primary amides is 1. The lowest BCUT2D eigenvalue weighted by atomic mass is 10.2. The molecule has 2 aromatic heterocycles. The van der Waals surface area contributed by atoms with Crippen LogP contribution in [0.1, 0.15) is 10.4 Å². The number of aromatic nitrogens is 2. The molecule has 0 bridgehead atoms. The predicted molar refractivity (Wildman–Crippen MR) is 45.9 cm³/mol. The van der Waals surface area contributed by atoms with E-state index in [0.29, 0.717) is 11.1 Å². The molecule has 0 aliphatic rings. The van der Waals surface area contributed by atoms with Crippen molar-refractivity contribution in [3.05, 3.63) is 23.5 Å². The third-order valence-corrected chi connectivity index (χ3v) is 2.27. The summed E-state index contributed by atoms with van der Waals surface area (Å²) >= 11 is 1.44. The van der Waals surface area contributed by atoms with E-state index in [2.05, 4.69) is 9.97 Å². The van der Waals surface area contributed by atoms with Crippen molar-refractivity contribution in [3.63, 3.8) is 0 Å². The van der Waals surface area contributed by atoms with Crippen molar-refractivity contribution in [1.82, 2.24) is 9.97 Å². The van der Waals surface area contributed by atoms with Crippen molar-refractivity contribution >= 4 is 27.5 Å². The maximum atomic E-state index is 10.9. The number of hydrogen-bond donors (Lipinski definition) is 1. The lowest BCUT2D eigenvalue weighted by molar-refractivity contribution is 0.100. The smallest absolute Gasteiger partial charge is 0.252 e. The van der Waals surface area contributed by atoms with Crippen LogP contribution >= 0.6 is 11.3 Å². The van der Waals surface area contributed by atoms with Gasteiger partial charge in [0.1, 0.15) is 0 Å². The quantitative estimate of drug-likeness (QED) is 0.703. The van der Waals surface area contributed by atoms with E-state index >= 15 is 0 Å². The molecule has 0 unspecified atom stereocenters. The third kappa shape index (κ3) is 0.947. The number of carbonyl (C=O) groups excluding carboxylic acids is 1. The lowest BCUT2D eigenvalue weighted by Crippen LogP contribution is -2.11. The van der Waals surface area contributed by atoms with Gasteiger partial charge in [-0.1, -0.05) is 0 Å². The summed E-state index contributed by atoms with van der Waals surface area (Å²) in [6, 6.07) is 0. The molecule has 0 aliphatic carbocycles. The van der Waals surface area contributed by atoms with Gasteiger partial charge in [0.2, 0.25) is 0 Å². The molecule has 1 amide bonds. The molecule has 0 radical (unpaired) electrons. The van der Waals surface area contributed by atoms with Gasteiger partial charge in [0, 0.05) is 12.4 Å². The fourth-order valence-corrected chi connectivity index (χ4v) is 1.64. The highest BCUT2D eigenvalue weighted by Gasteiger charge is 2.08. The highest BCUT2D eigenvalue weighted by molar-refractivity contribution is 7.16. The van der Waals surface area contributed by atoms with Crippen LogP contribution in [0.5, 0.6) is 0 Å². The summed E-state index contributed by atoms with van der Waals surface area (Å²) in [5.74, 6) is -0.487. The van der Waals surface area contributed by atoms with E-state index in [0.717, 1.165) is 4.70 Å². The summed E-state index contributed by atoms with van der Waals surface area (Å²) in [4.78, 5) is 18.8. The summed E-state index contributed by atoms with van der Waals surface area (Å²) in [5.41, 5.74) is 7.81. The number of nitrogens with two attached hydrogens (primary N) is 1. The first-order chi connectivity index (χ1) is 5.79. The van der Waals surface area contributed by atoms with Crippen molar-refractivity contribution in [1.29, 1.82) is 0 Å². The maximum Gasteiger partial charge on any atom is 0.252 e. The van der Waals surface area contributed by atoms with E-state index in [1.165, 1.54) is 17.5 Å². The summed E-state index contributed by atoms with van der Waals surface area (Å²) in [5, 5.41) is 0. The molecule has 60 valence electrons. The van der Waals surface area contributed by atoms with Gasteiger partial charge < -0.3 is 5.73 Å². The number of fused-ring (bicyclic) bond motifs is 1. The molecule has 4 nitrogen and oxygen atoms in total. The monoisotopic (exact) mass is 179 g/mol. The van der Waals surface area contributed by atoms with Crippen LogP contribution in [0, 0.1) is 0 Å². The highest BCUT2D eigenvalue weighted by atomic mass is 32.1.